The van der Waals surface area contributed by atoms with Crippen LogP contribution < -0.4 is 0 Å². The monoisotopic (exact) mass is 286 g/mol. The summed E-state index contributed by atoms with van der Waals surface area (Å²) in [6.45, 7) is 2.91. The largest absolute Gasteiger partial charge is 0.448 e. The third-order valence-corrected chi connectivity index (χ3v) is 3.41. The van der Waals surface area contributed by atoms with Crippen molar-refractivity contribution >= 4 is 17.7 Å². The molecule has 0 unspecified atom stereocenters. The lowest BCUT2D eigenvalue weighted by Crippen LogP contribution is -2.33. The molecule has 0 atom stereocenters. The Bertz CT molecular complexity index is 470. The normalized spacial score (nSPS) is 15.2. The number of hydrogen-bond acceptors (Lipinski definition) is 3. The lowest BCUT2D eigenvalue weighted by Gasteiger charge is -2.20. The van der Waals surface area contributed by atoms with E-state index in [4.69, 9.17) is 16.3 Å². The smallest absolute Gasteiger partial charge is 0.409 e. The van der Waals surface area contributed by atoms with E-state index in [2.05, 4.69) is 0 Å². The van der Waals surface area contributed by atoms with Crippen LogP contribution >= 0.6 is 11.6 Å². The number of rotatable bonds is 5. The first-order valence-electron chi connectivity index (χ1n) is 6.10. The van der Waals surface area contributed by atoms with E-state index in [1.54, 1.807) is 11.0 Å². The first-order valence-corrected chi connectivity index (χ1v) is 6.48. The molecule has 1 aliphatic rings. The standard InChI is InChI=1S/C13H16ClFN2O2/c1-16(4-5-17-6-7-19-13(17)18)9-10-8-11(15)2-3-12(10)14/h2-3,8H,4-7,9H2,1H3. The second-order valence-electron chi connectivity index (χ2n) is 4.57. The molecule has 104 valence electrons. The fourth-order valence-electron chi connectivity index (χ4n) is 1.95. The van der Waals surface area contributed by atoms with Crippen molar-refractivity contribution in [1.29, 1.82) is 0 Å². The van der Waals surface area contributed by atoms with Crippen LogP contribution in [0, 0.1) is 5.82 Å². The van der Waals surface area contributed by atoms with Crippen molar-refractivity contribution in [2.24, 2.45) is 0 Å². The SMILES string of the molecule is CN(CCN1CCOC1=O)Cc1cc(F)ccc1Cl. The molecule has 0 aliphatic carbocycles. The van der Waals surface area contributed by atoms with Crippen LogP contribution in [0.1, 0.15) is 5.56 Å². The molecule has 2 rings (SSSR count). The summed E-state index contributed by atoms with van der Waals surface area (Å²) in [4.78, 5) is 14.9. The summed E-state index contributed by atoms with van der Waals surface area (Å²) in [7, 11) is 1.91. The third kappa shape index (κ3) is 3.81. The molecule has 1 heterocycles. The molecule has 0 aromatic heterocycles. The highest BCUT2D eigenvalue weighted by Crippen LogP contribution is 2.18. The maximum Gasteiger partial charge on any atom is 0.409 e. The molecule has 0 N–H and O–H groups in total. The molecule has 1 aromatic rings. The molecule has 0 bridgehead atoms. The molecular weight excluding hydrogens is 271 g/mol. The molecule has 1 saturated heterocycles. The molecule has 0 radical (unpaired) electrons. The lowest BCUT2D eigenvalue weighted by molar-refractivity contribution is 0.155. The van der Waals surface area contributed by atoms with Crippen molar-refractivity contribution in [3.05, 3.63) is 34.6 Å². The molecule has 1 fully saturated rings. The Kier molecular flexibility index (Phi) is 4.61. The molecule has 0 spiro atoms. The van der Waals surface area contributed by atoms with E-state index in [1.807, 2.05) is 11.9 Å². The van der Waals surface area contributed by atoms with Crippen LogP contribution in [0.5, 0.6) is 0 Å². The molecule has 0 saturated carbocycles. The Morgan fingerprint density at radius 2 is 2.32 bits per heavy atom. The summed E-state index contributed by atoms with van der Waals surface area (Å²) in [5.41, 5.74) is 0.744. The zero-order valence-corrected chi connectivity index (χ0v) is 11.5. The summed E-state index contributed by atoms with van der Waals surface area (Å²) < 4.78 is 18.0. The highest BCUT2D eigenvalue weighted by molar-refractivity contribution is 6.31. The minimum atomic E-state index is -0.295. The van der Waals surface area contributed by atoms with E-state index in [9.17, 15) is 9.18 Å². The topological polar surface area (TPSA) is 32.8 Å². The molecular formula is C13H16ClFN2O2. The van der Waals surface area contributed by atoms with Gasteiger partial charge in [-0.3, -0.25) is 0 Å². The van der Waals surface area contributed by atoms with Gasteiger partial charge in [0.05, 0.1) is 6.54 Å². The van der Waals surface area contributed by atoms with Gasteiger partial charge in [0.15, 0.2) is 0 Å². The van der Waals surface area contributed by atoms with Gasteiger partial charge < -0.3 is 14.5 Å². The van der Waals surface area contributed by atoms with Gasteiger partial charge in [-0.2, -0.15) is 0 Å². The molecule has 6 heteroatoms. The summed E-state index contributed by atoms with van der Waals surface area (Å²) in [5.74, 6) is -0.295. The summed E-state index contributed by atoms with van der Waals surface area (Å²) >= 11 is 6.01. The maximum absolute atomic E-state index is 13.1. The van der Waals surface area contributed by atoms with E-state index in [0.29, 0.717) is 37.8 Å². The summed E-state index contributed by atoms with van der Waals surface area (Å²) in [5, 5.41) is 0.550. The Balaban J connectivity index is 1.85. The van der Waals surface area contributed by atoms with Crippen LogP contribution in [0.2, 0.25) is 5.02 Å². The predicted molar refractivity (Wildman–Crippen MR) is 70.7 cm³/mol. The van der Waals surface area contributed by atoms with E-state index >= 15 is 0 Å². The lowest BCUT2D eigenvalue weighted by atomic mass is 10.2. The quantitative estimate of drug-likeness (QED) is 0.833. The van der Waals surface area contributed by atoms with Crippen LogP contribution in [0.4, 0.5) is 9.18 Å². The van der Waals surface area contributed by atoms with Crippen LogP contribution in [0.3, 0.4) is 0 Å². The van der Waals surface area contributed by atoms with Crippen LogP contribution in [0.25, 0.3) is 0 Å². The highest BCUT2D eigenvalue weighted by Gasteiger charge is 2.21. The zero-order chi connectivity index (χ0) is 13.8. The number of likely N-dealkylation sites (N-methyl/N-ethyl adjacent to an activating group) is 1. The van der Waals surface area contributed by atoms with E-state index in [0.717, 1.165) is 5.56 Å². The van der Waals surface area contributed by atoms with Crippen molar-refractivity contribution in [1.82, 2.24) is 9.80 Å². The Hall–Kier alpha value is -1.33. The van der Waals surface area contributed by atoms with Crippen molar-refractivity contribution in [3.8, 4) is 0 Å². The zero-order valence-electron chi connectivity index (χ0n) is 10.7. The number of carbonyl (C=O) groups excluding carboxylic acids is 1. The number of carbonyl (C=O) groups is 1. The fraction of sp³-hybridized carbons (Fsp3) is 0.462. The summed E-state index contributed by atoms with van der Waals surface area (Å²) in [6.07, 6.45) is -0.266. The maximum atomic E-state index is 13.1. The number of hydrogen-bond donors (Lipinski definition) is 0. The van der Waals surface area contributed by atoms with E-state index < -0.39 is 0 Å². The predicted octanol–water partition coefficient (Wildman–Crippen LogP) is 2.36. The number of amides is 1. The second-order valence-corrected chi connectivity index (χ2v) is 4.98. The average molecular weight is 287 g/mol. The number of nitrogens with zero attached hydrogens (tertiary/aromatic N) is 2. The van der Waals surface area contributed by atoms with Crippen LogP contribution in [-0.2, 0) is 11.3 Å². The Labute approximate surface area is 116 Å². The third-order valence-electron chi connectivity index (χ3n) is 3.04. The highest BCUT2D eigenvalue weighted by atomic mass is 35.5. The van der Waals surface area contributed by atoms with Crippen molar-refractivity contribution in [3.63, 3.8) is 0 Å². The van der Waals surface area contributed by atoms with Crippen molar-refractivity contribution in [2.75, 3.05) is 33.3 Å². The first kappa shape index (κ1) is 14.1. The van der Waals surface area contributed by atoms with E-state index in [-0.39, 0.29) is 11.9 Å². The fourth-order valence-corrected chi connectivity index (χ4v) is 2.13. The number of ether oxygens (including phenoxy) is 1. The van der Waals surface area contributed by atoms with Gasteiger partial charge in [-0.15, -0.1) is 0 Å². The average Bonchev–Trinajstić information content (AvgIpc) is 2.77. The van der Waals surface area contributed by atoms with Gasteiger partial charge in [0.25, 0.3) is 0 Å². The Morgan fingerprint density at radius 1 is 1.53 bits per heavy atom. The molecule has 1 aliphatic heterocycles. The number of cyclic esters (lactones) is 1. The van der Waals surface area contributed by atoms with Gasteiger partial charge in [0.2, 0.25) is 0 Å². The van der Waals surface area contributed by atoms with Crippen molar-refractivity contribution in [2.45, 2.75) is 6.54 Å². The van der Waals surface area contributed by atoms with Gasteiger partial charge in [-0.1, -0.05) is 11.6 Å². The number of halogens is 2. The second kappa shape index (κ2) is 6.21. The Morgan fingerprint density at radius 3 is 3.00 bits per heavy atom. The van der Waals surface area contributed by atoms with Gasteiger partial charge >= 0.3 is 6.09 Å². The van der Waals surface area contributed by atoms with Gasteiger partial charge in [0, 0.05) is 24.7 Å². The number of benzene rings is 1. The van der Waals surface area contributed by atoms with Crippen molar-refractivity contribution < 1.29 is 13.9 Å². The summed E-state index contributed by atoms with van der Waals surface area (Å²) in [6, 6.07) is 4.33. The van der Waals surface area contributed by atoms with Gasteiger partial charge in [0.1, 0.15) is 12.4 Å². The molecule has 1 aromatic carbocycles. The molecule has 1 amide bonds. The van der Waals surface area contributed by atoms with E-state index in [1.165, 1.54) is 12.1 Å². The van der Waals surface area contributed by atoms with Gasteiger partial charge in [-0.25, -0.2) is 9.18 Å². The molecule has 4 nitrogen and oxygen atoms in total. The first-order chi connectivity index (χ1) is 9.06. The molecule has 19 heavy (non-hydrogen) atoms. The minimum absolute atomic E-state index is 0.266. The van der Waals surface area contributed by atoms with Crippen LogP contribution in [0.15, 0.2) is 18.2 Å². The van der Waals surface area contributed by atoms with Crippen LogP contribution in [-0.4, -0.2) is 49.2 Å². The van der Waals surface area contributed by atoms with Gasteiger partial charge in [-0.05, 0) is 30.8 Å². The minimum Gasteiger partial charge on any atom is -0.448 e.